The number of nitrogens with one attached hydrogen (secondary N) is 1. The van der Waals surface area contributed by atoms with Gasteiger partial charge in [0.25, 0.3) is 0 Å². The topological polar surface area (TPSA) is 79.0 Å². The van der Waals surface area contributed by atoms with Crippen molar-refractivity contribution in [2.24, 2.45) is 0 Å². The lowest BCUT2D eigenvalue weighted by molar-refractivity contribution is -0.115. The Labute approximate surface area is 190 Å². The first-order valence-corrected chi connectivity index (χ1v) is 12.8. The van der Waals surface area contributed by atoms with Crippen molar-refractivity contribution in [1.82, 2.24) is 4.31 Å². The van der Waals surface area contributed by atoms with Gasteiger partial charge in [-0.25, -0.2) is 8.42 Å². The summed E-state index contributed by atoms with van der Waals surface area (Å²) in [5.41, 5.74) is 2.69. The number of anilines is 2. The number of rotatable bonds is 7. The van der Waals surface area contributed by atoms with Gasteiger partial charge in [-0.2, -0.15) is 4.31 Å². The van der Waals surface area contributed by atoms with Crippen molar-refractivity contribution in [2.75, 3.05) is 36.5 Å². The van der Waals surface area contributed by atoms with Gasteiger partial charge in [0, 0.05) is 24.8 Å². The Morgan fingerprint density at radius 3 is 2.62 bits per heavy atom. The van der Waals surface area contributed by atoms with Crippen LogP contribution < -0.4 is 15.0 Å². The Balaban J connectivity index is 1.55. The maximum absolute atomic E-state index is 13.1. The molecular weight excluding hydrogens is 426 g/mol. The lowest BCUT2D eigenvalue weighted by Gasteiger charge is -2.26. The number of carbonyl (C=O) groups excluding carboxylic acids is 1. The van der Waals surface area contributed by atoms with Crippen molar-refractivity contribution in [3.8, 4) is 5.75 Å². The van der Waals surface area contributed by atoms with Crippen molar-refractivity contribution in [2.45, 2.75) is 50.5 Å². The fourth-order valence-corrected chi connectivity index (χ4v) is 6.06. The van der Waals surface area contributed by atoms with Gasteiger partial charge in [0.2, 0.25) is 15.9 Å². The molecule has 1 amide bonds. The number of para-hydroxylation sites is 1. The van der Waals surface area contributed by atoms with E-state index in [1.54, 1.807) is 12.1 Å². The Bertz CT molecular complexity index is 1080. The molecule has 0 spiro atoms. The number of benzene rings is 2. The van der Waals surface area contributed by atoms with Gasteiger partial charge in [-0.3, -0.25) is 4.79 Å². The van der Waals surface area contributed by atoms with E-state index < -0.39 is 10.0 Å². The zero-order valence-corrected chi connectivity index (χ0v) is 19.5. The molecule has 2 heterocycles. The van der Waals surface area contributed by atoms with Crippen LogP contribution in [0.4, 0.5) is 11.4 Å². The molecule has 0 aliphatic carbocycles. The molecule has 1 atom stereocenters. The van der Waals surface area contributed by atoms with Gasteiger partial charge in [0.05, 0.1) is 23.7 Å². The predicted octanol–water partition coefficient (Wildman–Crippen LogP) is 3.65. The molecule has 8 heteroatoms. The summed E-state index contributed by atoms with van der Waals surface area (Å²) in [5, 5.41) is 2.90. The number of nitrogens with zero attached hydrogens (tertiary/aromatic N) is 2. The third-order valence-corrected chi connectivity index (χ3v) is 8.03. The van der Waals surface area contributed by atoms with E-state index in [9.17, 15) is 13.2 Å². The van der Waals surface area contributed by atoms with Crippen LogP contribution in [0.15, 0.2) is 47.4 Å². The molecule has 2 aliphatic rings. The Morgan fingerprint density at radius 2 is 1.88 bits per heavy atom. The largest absolute Gasteiger partial charge is 0.492 e. The first-order chi connectivity index (χ1) is 15.4. The van der Waals surface area contributed by atoms with Crippen LogP contribution in [-0.2, 0) is 21.2 Å². The fourth-order valence-electron chi connectivity index (χ4n) is 4.52. The standard InChI is InChI=1S/C24H31N3O4S/c1-3-31-23-12-11-20(32(29,30)26-13-7-4-8-14-26)16-21(23)25-24(28)17-27-18(2)15-19-9-5-6-10-22(19)27/h5-6,9-12,16,18H,3-4,7-8,13-15,17H2,1-2H3,(H,25,28). The zero-order valence-electron chi connectivity index (χ0n) is 18.7. The molecule has 2 aromatic rings. The molecule has 7 nitrogen and oxygen atoms in total. The van der Waals surface area contributed by atoms with E-state index in [0.717, 1.165) is 31.4 Å². The summed E-state index contributed by atoms with van der Waals surface area (Å²) < 4.78 is 33.4. The molecule has 1 fully saturated rings. The molecule has 172 valence electrons. The van der Waals surface area contributed by atoms with Crippen LogP contribution in [0.2, 0.25) is 0 Å². The summed E-state index contributed by atoms with van der Waals surface area (Å²) in [5.74, 6) is 0.260. The van der Waals surface area contributed by atoms with Crippen molar-refractivity contribution in [3.63, 3.8) is 0 Å². The van der Waals surface area contributed by atoms with Gasteiger partial charge < -0.3 is 15.0 Å². The third kappa shape index (κ3) is 4.61. The van der Waals surface area contributed by atoms with Gasteiger partial charge in [-0.1, -0.05) is 24.6 Å². The third-order valence-electron chi connectivity index (χ3n) is 6.14. The van der Waals surface area contributed by atoms with E-state index >= 15 is 0 Å². The highest BCUT2D eigenvalue weighted by Gasteiger charge is 2.29. The van der Waals surface area contributed by atoms with Gasteiger partial charge in [-0.15, -0.1) is 0 Å². The fraction of sp³-hybridized carbons (Fsp3) is 0.458. The minimum absolute atomic E-state index is 0.179. The molecule has 1 saturated heterocycles. The lowest BCUT2D eigenvalue weighted by atomic mass is 10.1. The van der Waals surface area contributed by atoms with Gasteiger partial charge in [0.1, 0.15) is 5.75 Å². The van der Waals surface area contributed by atoms with E-state index in [2.05, 4.69) is 23.2 Å². The lowest BCUT2D eigenvalue weighted by Crippen LogP contribution is -2.37. The number of hydrogen-bond donors (Lipinski definition) is 1. The maximum atomic E-state index is 13.1. The van der Waals surface area contributed by atoms with Gasteiger partial charge in [-0.05, 0) is 62.9 Å². The van der Waals surface area contributed by atoms with Crippen LogP contribution in [0, 0.1) is 0 Å². The second kappa shape index (κ2) is 9.50. The molecule has 0 radical (unpaired) electrons. The van der Waals surface area contributed by atoms with Crippen LogP contribution >= 0.6 is 0 Å². The molecule has 2 aromatic carbocycles. The van der Waals surface area contributed by atoms with Crippen molar-refractivity contribution >= 4 is 27.3 Å². The van der Waals surface area contributed by atoms with E-state index in [1.807, 2.05) is 25.1 Å². The Hall–Kier alpha value is -2.58. The minimum atomic E-state index is -3.61. The normalized spacial score (nSPS) is 18.9. The number of hydrogen-bond acceptors (Lipinski definition) is 5. The summed E-state index contributed by atoms with van der Waals surface area (Å²) in [4.78, 5) is 15.2. The number of carbonyl (C=O) groups is 1. The van der Waals surface area contributed by atoms with E-state index in [0.29, 0.717) is 31.1 Å². The average Bonchev–Trinajstić information content (AvgIpc) is 3.10. The summed E-state index contributed by atoms with van der Waals surface area (Å²) in [7, 11) is -3.61. The molecule has 1 N–H and O–H groups in total. The molecule has 4 rings (SSSR count). The minimum Gasteiger partial charge on any atom is -0.492 e. The summed E-state index contributed by atoms with van der Waals surface area (Å²) >= 11 is 0. The monoisotopic (exact) mass is 457 g/mol. The Kier molecular flexibility index (Phi) is 6.71. The Morgan fingerprint density at radius 1 is 1.12 bits per heavy atom. The molecule has 2 aliphatic heterocycles. The highest BCUT2D eigenvalue weighted by molar-refractivity contribution is 7.89. The van der Waals surface area contributed by atoms with Crippen molar-refractivity contribution in [1.29, 1.82) is 0 Å². The molecular formula is C24H31N3O4S. The second-order valence-electron chi connectivity index (χ2n) is 8.41. The van der Waals surface area contributed by atoms with Crippen LogP contribution in [0.25, 0.3) is 0 Å². The van der Waals surface area contributed by atoms with E-state index in [-0.39, 0.29) is 23.4 Å². The number of ether oxygens (including phenoxy) is 1. The quantitative estimate of drug-likeness (QED) is 0.687. The molecule has 0 saturated carbocycles. The highest BCUT2D eigenvalue weighted by atomic mass is 32.2. The van der Waals surface area contributed by atoms with Crippen LogP contribution in [-0.4, -0.2) is 50.9 Å². The van der Waals surface area contributed by atoms with Crippen LogP contribution in [0.5, 0.6) is 5.75 Å². The highest BCUT2D eigenvalue weighted by Crippen LogP contribution is 2.33. The SMILES string of the molecule is CCOc1ccc(S(=O)(=O)N2CCCCC2)cc1NC(=O)CN1c2ccccc2CC1C. The summed E-state index contributed by atoms with van der Waals surface area (Å²) in [6.07, 6.45) is 3.69. The van der Waals surface area contributed by atoms with Crippen LogP contribution in [0.3, 0.4) is 0 Å². The molecule has 32 heavy (non-hydrogen) atoms. The smallest absolute Gasteiger partial charge is 0.244 e. The summed E-state index contributed by atoms with van der Waals surface area (Å²) in [6, 6.07) is 13.0. The van der Waals surface area contributed by atoms with Crippen molar-refractivity contribution in [3.05, 3.63) is 48.0 Å². The molecule has 0 aromatic heterocycles. The maximum Gasteiger partial charge on any atom is 0.244 e. The van der Waals surface area contributed by atoms with Crippen LogP contribution in [0.1, 0.15) is 38.7 Å². The van der Waals surface area contributed by atoms with Crippen molar-refractivity contribution < 1.29 is 17.9 Å². The number of sulfonamides is 1. The predicted molar refractivity (Wildman–Crippen MR) is 126 cm³/mol. The number of amides is 1. The number of piperidine rings is 1. The zero-order chi connectivity index (χ0) is 22.7. The second-order valence-corrected chi connectivity index (χ2v) is 10.4. The van der Waals surface area contributed by atoms with Gasteiger partial charge in [0.15, 0.2) is 0 Å². The summed E-state index contributed by atoms with van der Waals surface area (Å²) in [6.45, 7) is 5.62. The number of fused-ring (bicyclic) bond motifs is 1. The molecule has 1 unspecified atom stereocenters. The first kappa shape index (κ1) is 22.6. The van der Waals surface area contributed by atoms with Gasteiger partial charge >= 0.3 is 0 Å². The van der Waals surface area contributed by atoms with E-state index in [4.69, 9.17) is 4.74 Å². The van der Waals surface area contributed by atoms with E-state index in [1.165, 1.54) is 15.9 Å². The average molecular weight is 458 g/mol. The first-order valence-electron chi connectivity index (χ1n) is 11.3. The molecule has 0 bridgehead atoms.